The summed E-state index contributed by atoms with van der Waals surface area (Å²) in [6.07, 6.45) is 3.40. The molecular weight excluding hydrogens is 314 g/mol. The van der Waals surface area contributed by atoms with Gasteiger partial charge in [-0.05, 0) is 43.7 Å². The number of rotatable bonds is 5. The molecule has 23 heavy (non-hydrogen) atoms. The van der Waals surface area contributed by atoms with Gasteiger partial charge in [-0.2, -0.15) is 0 Å². The lowest BCUT2D eigenvalue weighted by Crippen LogP contribution is -2.42. The minimum atomic E-state index is -3.41. The minimum absolute atomic E-state index is 0.0200. The highest BCUT2D eigenvalue weighted by Gasteiger charge is 2.48. The van der Waals surface area contributed by atoms with Gasteiger partial charge >= 0.3 is 0 Å². The van der Waals surface area contributed by atoms with Crippen LogP contribution in [-0.4, -0.2) is 48.8 Å². The van der Waals surface area contributed by atoms with Gasteiger partial charge in [0.15, 0.2) is 9.84 Å². The second-order valence-electron chi connectivity index (χ2n) is 6.64. The van der Waals surface area contributed by atoms with Gasteiger partial charge in [0.05, 0.1) is 16.2 Å². The lowest BCUT2D eigenvalue weighted by Gasteiger charge is -2.34. The molecule has 0 unspecified atom stereocenters. The predicted octanol–water partition coefficient (Wildman–Crippen LogP) is 1.61. The zero-order valence-corrected chi connectivity index (χ0v) is 14.0. The first-order valence-electron chi connectivity index (χ1n) is 8.19. The monoisotopic (exact) mass is 337 g/mol. The van der Waals surface area contributed by atoms with Gasteiger partial charge in [-0.25, -0.2) is 8.42 Å². The van der Waals surface area contributed by atoms with Crippen molar-refractivity contribution in [2.75, 3.05) is 18.8 Å². The summed E-state index contributed by atoms with van der Waals surface area (Å²) in [5.74, 6) is 0.0324. The predicted molar refractivity (Wildman–Crippen MR) is 86.6 cm³/mol. The maximum Gasteiger partial charge on any atom is 0.223 e. The Morgan fingerprint density at radius 3 is 2.35 bits per heavy atom. The maximum atomic E-state index is 12.2. The Kier molecular flexibility index (Phi) is 4.47. The fourth-order valence-electron chi connectivity index (χ4n) is 3.33. The number of benzene rings is 1. The van der Waals surface area contributed by atoms with E-state index in [1.54, 1.807) is 35.2 Å². The van der Waals surface area contributed by atoms with E-state index in [-0.39, 0.29) is 23.0 Å². The molecule has 2 aliphatic rings. The number of carbonyl (C=O) groups is 1. The van der Waals surface area contributed by atoms with Crippen LogP contribution in [0, 0.1) is 5.92 Å². The molecule has 0 radical (unpaired) electrons. The molecule has 1 aliphatic carbocycles. The molecule has 2 fully saturated rings. The lowest BCUT2D eigenvalue weighted by molar-refractivity contribution is -0.133. The lowest BCUT2D eigenvalue weighted by atomic mass is 9.89. The number of piperidine rings is 1. The van der Waals surface area contributed by atoms with Gasteiger partial charge in [-0.15, -0.1) is 0 Å². The van der Waals surface area contributed by atoms with Crippen molar-refractivity contribution in [2.45, 2.75) is 42.6 Å². The van der Waals surface area contributed by atoms with Gasteiger partial charge in [-0.3, -0.25) is 4.79 Å². The Labute approximate surface area is 137 Å². The van der Waals surface area contributed by atoms with E-state index in [0.29, 0.717) is 19.0 Å². The minimum Gasteiger partial charge on any atom is -0.390 e. The highest BCUT2D eigenvalue weighted by Crippen LogP contribution is 2.46. The molecule has 1 aromatic carbocycles. The average Bonchev–Trinajstić information content (AvgIpc) is 3.33. The number of carbonyl (C=O) groups excluding carboxylic acids is 1. The third-order valence-electron chi connectivity index (χ3n) is 5.06. The molecule has 0 bridgehead atoms. The van der Waals surface area contributed by atoms with E-state index in [2.05, 4.69) is 0 Å². The Morgan fingerprint density at radius 2 is 1.78 bits per heavy atom. The van der Waals surface area contributed by atoms with Crippen molar-refractivity contribution in [1.82, 2.24) is 4.90 Å². The zero-order chi connectivity index (χ0) is 16.5. The molecule has 0 atom stereocenters. The molecule has 1 heterocycles. The molecule has 6 heteroatoms. The van der Waals surface area contributed by atoms with Gasteiger partial charge in [0, 0.05) is 19.5 Å². The second kappa shape index (κ2) is 6.24. The molecule has 0 spiro atoms. The van der Waals surface area contributed by atoms with E-state index < -0.39 is 15.4 Å². The topological polar surface area (TPSA) is 74.7 Å². The van der Waals surface area contributed by atoms with Gasteiger partial charge in [0.1, 0.15) is 0 Å². The summed E-state index contributed by atoms with van der Waals surface area (Å²) < 4.78 is 24.4. The van der Waals surface area contributed by atoms with Gasteiger partial charge < -0.3 is 10.0 Å². The third kappa shape index (κ3) is 3.75. The maximum absolute atomic E-state index is 12.2. The van der Waals surface area contributed by atoms with Gasteiger partial charge in [-0.1, -0.05) is 18.2 Å². The van der Waals surface area contributed by atoms with Crippen LogP contribution in [0.5, 0.6) is 0 Å². The molecule has 1 aromatic rings. The van der Waals surface area contributed by atoms with Crippen molar-refractivity contribution >= 4 is 15.7 Å². The molecule has 5 nitrogen and oxygen atoms in total. The fraction of sp³-hybridized carbons (Fsp3) is 0.588. The van der Waals surface area contributed by atoms with E-state index in [1.807, 2.05) is 0 Å². The highest BCUT2D eigenvalue weighted by molar-refractivity contribution is 7.91. The Morgan fingerprint density at radius 1 is 1.17 bits per heavy atom. The molecule has 126 valence electrons. The standard InChI is InChI=1S/C17H23NO4S/c19-16(8-13-23(21,22)15-4-2-1-3-5-15)18-11-6-14(7-12-18)17(20)9-10-17/h1-5,14,20H,6-13H2. The number of hydrogen-bond donors (Lipinski definition) is 1. The zero-order valence-electron chi connectivity index (χ0n) is 13.1. The van der Waals surface area contributed by atoms with Crippen LogP contribution in [-0.2, 0) is 14.6 Å². The Balaban J connectivity index is 1.50. The summed E-state index contributed by atoms with van der Waals surface area (Å²) in [7, 11) is -3.41. The number of amides is 1. The SMILES string of the molecule is O=C(CCS(=O)(=O)c1ccccc1)N1CCC(C2(O)CC2)CC1. The molecular formula is C17H23NO4S. The van der Waals surface area contributed by atoms with E-state index in [9.17, 15) is 18.3 Å². The summed E-state index contributed by atoms with van der Waals surface area (Å²) in [5.41, 5.74) is -0.480. The van der Waals surface area contributed by atoms with Crippen molar-refractivity contribution in [3.05, 3.63) is 30.3 Å². The van der Waals surface area contributed by atoms with Crippen LogP contribution in [0.15, 0.2) is 35.2 Å². The van der Waals surface area contributed by atoms with Crippen LogP contribution >= 0.6 is 0 Å². The van der Waals surface area contributed by atoms with E-state index >= 15 is 0 Å². The Bertz CT molecular complexity index is 659. The molecule has 0 aromatic heterocycles. The van der Waals surface area contributed by atoms with Crippen LogP contribution in [0.25, 0.3) is 0 Å². The first kappa shape index (κ1) is 16.5. The normalized spacial score (nSPS) is 21.2. The second-order valence-corrected chi connectivity index (χ2v) is 8.75. The average molecular weight is 337 g/mol. The van der Waals surface area contributed by atoms with Crippen molar-refractivity contribution < 1.29 is 18.3 Å². The molecule has 1 N–H and O–H groups in total. The van der Waals surface area contributed by atoms with Crippen LogP contribution in [0.4, 0.5) is 0 Å². The van der Waals surface area contributed by atoms with E-state index in [4.69, 9.17) is 0 Å². The summed E-state index contributed by atoms with van der Waals surface area (Å²) in [6.45, 7) is 1.24. The number of likely N-dealkylation sites (tertiary alicyclic amines) is 1. The molecule has 1 saturated heterocycles. The van der Waals surface area contributed by atoms with Gasteiger partial charge in [0.2, 0.25) is 5.91 Å². The number of sulfone groups is 1. The van der Waals surface area contributed by atoms with Crippen LogP contribution in [0.1, 0.15) is 32.1 Å². The number of nitrogens with zero attached hydrogens (tertiary/aromatic N) is 1. The van der Waals surface area contributed by atoms with Crippen LogP contribution in [0.3, 0.4) is 0 Å². The number of hydrogen-bond acceptors (Lipinski definition) is 4. The fourth-order valence-corrected chi connectivity index (χ4v) is 4.58. The largest absolute Gasteiger partial charge is 0.390 e. The smallest absolute Gasteiger partial charge is 0.223 e. The summed E-state index contributed by atoms with van der Waals surface area (Å²) in [6, 6.07) is 8.25. The van der Waals surface area contributed by atoms with Crippen molar-refractivity contribution in [3.63, 3.8) is 0 Å². The van der Waals surface area contributed by atoms with Crippen molar-refractivity contribution in [1.29, 1.82) is 0 Å². The van der Waals surface area contributed by atoms with E-state index in [0.717, 1.165) is 25.7 Å². The molecule has 1 aliphatic heterocycles. The molecule has 1 amide bonds. The van der Waals surface area contributed by atoms with E-state index in [1.165, 1.54) is 0 Å². The van der Waals surface area contributed by atoms with Crippen molar-refractivity contribution in [3.8, 4) is 0 Å². The van der Waals surface area contributed by atoms with Crippen LogP contribution in [0.2, 0.25) is 0 Å². The first-order chi connectivity index (χ1) is 10.9. The summed E-state index contributed by atoms with van der Waals surface area (Å²) in [5, 5.41) is 10.1. The van der Waals surface area contributed by atoms with Gasteiger partial charge in [0.25, 0.3) is 0 Å². The Hall–Kier alpha value is -1.40. The quantitative estimate of drug-likeness (QED) is 0.886. The van der Waals surface area contributed by atoms with Crippen LogP contribution < -0.4 is 0 Å². The van der Waals surface area contributed by atoms with Crippen molar-refractivity contribution in [2.24, 2.45) is 5.92 Å². The summed E-state index contributed by atoms with van der Waals surface area (Å²) >= 11 is 0. The highest BCUT2D eigenvalue weighted by atomic mass is 32.2. The number of aliphatic hydroxyl groups is 1. The first-order valence-corrected chi connectivity index (χ1v) is 9.84. The third-order valence-corrected chi connectivity index (χ3v) is 6.79. The molecule has 1 saturated carbocycles. The summed E-state index contributed by atoms with van der Waals surface area (Å²) in [4.78, 5) is 14.3. The molecule has 3 rings (SSSR count).